The van der Waals surface area contributed by atoms with Crippen LogP contribution >= 0.6 is 11.3 Å². The maximum absolute atomic E-state index is 12.0. The molecule has 26 heavy (non-hydrogen) atoms. The highest BCUT2D eigenvalue weighted by Crippen LogP contribution is 2.12. The number of aryl methyl sites for hydroxylation is 1. The van der Waals surface area contributed by atoms with Crippen molar-refractivity contribution in [3.63, 3.8) is 0 Å². The predicted molar refractivity (Wildman–Crippen MR) is 102 cm³/mol. The van der Waals surface area contributed by atoms with Crippen LogP contribution in [0.25, 0.3) is 0 Å². The van der Waals surface area contributed by atoms with E-state index in [2.05, 4.69) is 16.1 Å². The van der Waals surface area contributed by atoms with Crippen LogP contribution in [0.4, 0.5) is 5.69 Å². The van der Waals surface area contributed by atoms with Gasteiger partial charge in [-0.3, -0.25) is 24.8 Å². The molecular weight excluding hydrogens is 352 g/mol. The van der Waals surface area contributed by atoms with Gasteiger partial charge in [0.2, 0.25) is 5.91 Å². The van der Waals surface area contributed by atoms with Crippen molar-refractivity contribution >= 4 is 34.7 Å². The highest BCUT2D eigenvalue weighted by Gasteiger charge is 2.12. The van der Waals surface area contributed by atoms with Crippen LogP contribution in [0.5, 0.6) is 0 Å². The van der Waals surface area contributed by atoms with Gasteiger partial charge in [0, 0.05) is 6.54 Å². The summed E-state index contributed by atoms with van der Waals surface area (Å²) in [5.41, 5.74) is 4.73. The third-order valence-electron chi connectivity index (χ3n) is 3.52. The Morgan fingerprint density at radius 1 is 1.00 bits per heavy atom. The Labute approximate surface area is 156 Å². The largest absolute Gasteiger partial charge is 0.345 e. The van der Waals surface area contributed by atoms with Crippen molar-refractivity contribution in [1.82, 2.24) is 16.1 Å². The molecule has 8 heteroatoms. The maximum atomic E-state index is 12.0. The van der Waals surface area contributed by atoms with Crippen LogP contribution in [0.2, 0.25) is 0 Å². The first kappa shape index (κ1) is 19.5. The van der Waals surface area contributed by atoms with Crippen LogP contribution in [0.3, 0.4) is 0 Å². The van der Waals surface area contributed by atoms with Gasteiger partial charge >= 0.3 is 0 Å². The molecule has 1 heterocycles. The molecule has 0 fully saturated rings. The number of nitrogens with one attached hydrogen (secondary N) is 3. The van der Waals surface area contributed by atoms with Crippen molar-refractivity contribution in [1.29, 1.82) is 0 Å². The Bertz CT molecular complexity index is 744. The zero-order chi connectivity index (χ0) is 18.9. The first-order valence-corrected chi connectivity index (χ1v) is 9.09. The van der Waals surface area contributed by atoms with E-state index in [1.54, 1.807) is 22.5 Å². The fourth-order valence-corrected chi connectivity index (χ4v) is 2.78. The summed E-state index contributed by atoms with van der Waals surface area (Å²) in [6.07, 6.45) is 0. The quantitative estimate of drug-likeness (QED) is 0.610. The van der Waals surface area contributed by atoms with E-state index in [4.69, 9.17) is 0 Å². The average molecular weight is 374 g/mol. The van der Waals surface area contributed by atoms with E-state index in [9.17, 15) is 14.4 Å². The number of hydrogen-bond acceptors (Lipinski definition) is 5. The Morgan fingerprint density at radius 2 is 1.69 bits per heavy atom. The molecule has 3 amide bonds. The maximum Gasteiger partial charge on any atom is 0.261 e. The fraction of sp³-hybridized carbons (Fsp3) is 0.278. The minimum atomic E-state index is -0.427. The van der Waals surface area contributed by atoms with Crippen molar-refractivity contribution in [2.75, 3.05) is 24.6 Å². The van der Waals surface area contributed by atoms with E-state index in [0.717, 1.165) is 11.3 Å². The molecular formula is C18H22N4O3S. The number of hydrogen-bond donors (Lipinski definition) is 3. The molecule has 1 aromatic heterocycles. The number of benzene rings is 1. The molecule has 0 aliphatic carbocycles. The van der Waals surface area contributed by atoms with Gasteiger partial charge in [0.25, 0.3) is 11.8 Å². The normalized spacial score (nSPS) is 10.1. The molecule has 0 aliphatic rings. The molecule has 7 nitrogen and oxygen atoms in total. The number of nitrogens with zero attached hydrogens (tertiary/aromatic N) is 1. The number of hydrazine groups is 1. The van der Waals surface area contributed by atoms with Gasteiger partial charge in [-0.25, -0.2) is 0 Å². The second-order valence-electron chi connectivity index (χ2n) is 5.55. The second-order valence-corrected chi connectivity index (χ2v) is 6.50. The summed E-state index contributed by atoms with van der Waals surface area (Å²) in [5.74, 6) is -1.08. The summed E-state index contributed by atoms with van der Waals surface area (Å²) in [4.78, 5) is 36.1. The zero-order valence-electron chi connectivity index (χ0n) is 14.7. The number of carbonyl (C=O) groups excluding carboxylic acids is 3. The van der Waals surface area contributed by atoms with Crippen LogP contribution in [0, 0.1) is 6.92 Å². The van der Waals surface area contributed by atoms with Crippen LogP contribution in [0.1, 0.15) is 22.2 Å². The Morgan fingerprint density at radius 3 is 2.31 bits per heavy atom. The highest BCUT2D eigenvalue weighted by atomic mass is 32.1. The summed E-state index contributed by atoms with van der Waals surface area (Å²) in [5, 5.41) is 8.48. The van der Waals surface area contributed by atoms with Gasteiger partial charge in [0.15, 0.2) is 0 Å². The Kier molecular flexibility index (Phi) is 7.16. The van der Waals surface area contributed by atoms with Crippen molar-refractivity contribution < 1.29 is 14.4 Å². The molecule has 0 saturated carbocycles. The van der Waals surface area contributed by atoms with Crippen LogP contribution < -0.4 is 21.1 Å². The monoisotopic (exact) mass is 374 g/mol. The fourth-order valence-electron chi connectivity index (χ4n) is 2.14. The molecule has 0 spiro atoms. The third kappa shape index (κ3) is 5.89. The SMILES string of the molecule is CCN(NC(=O)CNC(=O)CNC(=O)c1cccs1)c1ccc(C)cc1. The molecule has 2 rings (SSSR count). The van der Waals surface area contributed by atoms with Crippen molar-refractivity contribution in [2.45, 2.75) is 13.8 Å². The molecule has 3 N–H and O–H groups in total. The lowest BCUT2D eigenvalue weighted by atomic mass is 10.2. The van der Waals surface area contributed by atoms with Gasteiger partial charge in [-0.2, -0.15) is 0 Å². The van der Waals surface area contributed by atoms with E-state index in [1.807, 2.05) is 38.1 Å². The molecule has 0 unspecified atom stereocenters. The standard InChI is InChI=1S/C18H22N4O3S/c1-3-22(14-8-6-13(2)7-9-14)21-17(24)12-19-16(23)11-20-18(25)15-5-4-10-26-15/h4-10H,3,11-12H2,1-2H3,(H,19,23)(H,20,25)(H,21,24). The minimum absolute atomic E-state index is 0.171. The summed E-state index contributed by atoms with van der Waals surface area (Å²) in [7, 11) is 0. The zero-order valence-corrected chi connectivity index (χ0v) is 15.6. The second kappa shape index (κ2) is 9.57. The van der Waals surface area contributed by atoms with Gasteiger partial charge < -0.3 is 10.6 Å². The number of rotatable bonds is 8. The first-order valence-electron chi connectivity index (χ1n) is 8.21. The van der Waals surface area contributed by atoms with E-state index in [-0.39, 0.29) is 24.9 Å². The molecule has 2 aromatic rings. The lowest BCUT2D eigenvalue weighted by Gasteiger charge is -2.24. The van der Waals surface area contributed by atoms with Crippen molar-refractivity contribution in [3.8, 4) is 0 Å². The molecule has 1 aromatic carbocycles. The summed E-state index contributed by atoms with van der Waals surface area (Å²) in [6.45, 7) is 4.14. The molecule has 138 valence electrons. The average Bonchev–Trinajstić information content (AvgIpc) is 3.18. The van der Waals surface area contributed by atoms with Crippen molar-refractivity contribution in [3.05, 3.63) is 52.2 Å². The molecule has 0 saturated heterocycles. The van der Waals surface area contributed by atoms with Gasteiger partial charge in [0.1, 0.15) is 0 Å². The van der Waals surface area contributed by atoms with Gasteiger partial charge in [-0.15, -0.1) is 11.3 Å². The molecule has 0 aliphatic heterocycles. The van der Waals surface area contributed by atoms with Gasteiger partial charge in [-0.1, -0.05) is 23.8 Å². The number of thiophene rings is 1. The van der Waals surface area contributed by atoms with Crippen LogP contribution in [-0.4, -0.2) is 37.4 Å². The number of amides is 3. The van der Waals surface area contributed by atoms with Gasteiger partial charge in [-0.05, 0) is 37.4 Å². The lowest BCUT2D eigenvalue weighted by Crippen LogP contribution is -2.48. The topological polar surface area (TPSA) is 90.5 Å². The summed E-state index contributed by atoms with van der Waals surface area (Å²) in [6, 6.07) is 11.2. The van der Waals surface area contributed by atoms with E-state index in [0.29, 0.717) is 11.4 Å². The third-order valence-corrected chi connectivity index (χ3v) is 4.39. The Balaban J connectivity index is 1.73. The first-order chi connectivity index (χ1) is 12.5. The van der Waals surface area contributed by atoms with E-state index >= 15 is 0 Å². The van der Waals surface area contributed by atoms with E-state index < -0.39 is 5.91 Å². The van der Waals surface area contributed by atoms with Crippen LogP contribution in [0.15, 0.2) is 41.8 Å². The predicted octanol–water partition coefficient (Wildman–Crippen LogP) is 1.46. The number of carbonyl (C=O) groups is 3. The highest BCUT2D eigenvalue weighted by molar-refractivity contribution is 7.12. The van der Waals surface area contributed by atoms with Crippen molar-refractivity contribution in [2.24, 2.45) is 0 Å². The summed E-state index contributed by atoms with van der Waals surface area (Å²) < 4.78 is 0. The molecule has 0 atom stereocenters. The number of anilines is 1. The van der Waals surface area contributed by atoms with E-state index in [1.165, 1.54) is 11.3 Å². The Hall–Kier alpha value is -2.87. The van der Waals surface area contributed by atoms with Gasteiger partial charge in [0.05, 0.1) is 23.7 Å². The minimum Gasteiger partial charge on any atom is -0.345 e. The summed E-state index contributed by atoms with van der Waals surface area (Å²) >= 11 is 1.30. The molecule has 0 radical (unpaired) electrons. The van der Waals surface area contributed by atoms with Crippen LogP contribution in [-0.2, 0) is 9.59 Å². The lowest BCUT2D eigenvalue weighted by molar-refractivity contribution is -0.125. The molecule has 0 bridgehead atoms. The smallest absolute Gasteiger partial charge is 0.261 e.